The summed E-state index contributed by atoms with van der Waals surface area (Å²) in [5.41, 5.74) is 2.57. The van der Waals surface area contributed by atoms with Gasteiger partial charge in [-0.1, -0.05) is 18.2 Å². The van der Waals surface area contributed by atoms with Gasteiger partial charge in [0.2, 0.25) is 0 Å². The van der Waals surface area contributed by atoms with Crippen molar-refractivity contribution in [1.82, 2.24) is 0 Å². The first-order valence-electron chi connectivity index (χ1n) is 8.52. The third-order valence-corrected chi connectivity index (χ3v) is 6.07. The average Bonchev–Trinajstić information content (AvgIpc) is 2.71. The molecular weight excluding hydrogens is 320 g/mol. The lowest BCUT2D eigenvalue weighted by atomic mass is 9.61. The Hall–Kier alpha value is -2.08. The van der Waals surface area contributed by atoms with Crippen LogP contribution in [-0.2, 0) is 11.2 Å². The van der Waals surface area contributed by atoms with Gasteiger partial charge in [-0.25, -0.2) is 0 Å². The van der Waals surface area contributed by atoms with Gasteiger partial charge in [-0.05, 0) is 35.7 Å². The minimum Gasteiger partial charge on any atom is -0.508 e. The van der Waals surface area contributed by atoms with Crippen molar-refractivity contribution in [1.29, 1.82) is 0 Å². The maximum atomic E-state index is 11.5. The quantitative estimate of drug-likeness (QED) is 0.742. The molecule has 0 spiro atoms. The summed E-state index contributed by atoms with van der Waals surface area (Å²) in [5, 5.41) is 33.2. The van der Waals surface area contributed by atoms with Crippen LogP contribution in [0.4, 0.5) is 0 Å². The summed E-state index contributed by atoms with van der Waals surface area (Å²) in [6, 6.07) is 9.27. The molecule has 4 bridgehead atoms. The number of aromatic hydroxyl groups is 1. The molecule has 2 aliphatic carbocycles. The Balaban J connectivity index is 1.79. The minimum atomic E-state index is -1.48. The number of methoxy groups -OCH3 is 1. The predicted octanol–water partition coefficient (Wildman–Crippen LogP) is 2.27. The molecule has 1 fully saturated rings. The van der Waals surface area contributed by atoms with Crippen LogP contribution in [0.2, 0.25) is 0 Å². The number of aliphatic hydroxyl groups excluding tert-OH is 1. The zero-order chi connectivity index (χ0) is 17.5. The van der Waals surface area contributed by atoms with E-state index in [1.165, 1.54) is 0 Å². The van der Waals surface area contributed by atoms with E-state index in [0.29, 0.717) is 23.3 Å². The molecule has 5 atom stereocenters. The van der Waals surface area contributed by atoms with E-state index in [0.717, 1.165) is 16.7 Å². The molecule has 0 amide bonds. The van der Waals surface area contributed by atoms with E-state index >= 15 is 0 Å². The van der Waals surface area contributed by atoms with Crippen molar-refractivity contribution < 1.29 is 24.8 Å². The number of aliphatic hydroxyl groups is 2. The van der Waals surface area contributed by atoms with Crippen molar-refractivity contribution in [3.05, 3.63) is 58.1 Å². The molecule has 3 N–H and O–H groups in total. The minimum absolute atomic E-state index is 0.158. The lowest BCUT2D eigenvalue weighted by Crippen LogP contribution is -2.53. The van der Waals surface area contributed by atoms with Crippen LogP contribution in [0.25, 0.3) is 0 Å². The maximum Gasteiger partial charge on any atom is 0.131 e. The first kappa shape index (κ1) is 15.2. The van der Waals surface area contributed by atoms with Crippen LogP contribution in [0.3, 0.4) is 0 Å². The third kappa shape index (κ3) is 1.68. The summed E-state index contributed by atoms with van der Waals surface area (Å²) < 4.78 is 11.6. The molecule has 3 aliphatic rings. The fourth-order valence-corrected chi connectivity index (χ4v) is 5.09. The van der Waals surface area contributed by atoms with E-state index < -0.39 is 29.8 Å². The number of benzene rings is 2. The first-order valence-corrected chi connectivity index (χ1v) is 8.52. The van der Waals surface area contributed by atoms with Gasteiger partial charge in [-0.2, -0.15) is 0 Å². The van der Waals surface area contributed by atoms with Crippen molar-refractivity contribution >= 4 is 0 Å². The van der Waals surface area contributed by atoms with E-state index in [4.69, 9.17) is 9.47 Å². The van der Waals surface area contributed by atoms with E-state index in [-0.39, 0.29) is 5.75 Å². The summed E-state index contributed by atoms with van der Waals surface area (Å²) in [7, 11) is 1.55. The highest BCUT2D eigenvalue weighted by atomic mass is 16.5. The summed E-state index contributed by atoms with van der Waals surface area (Å²) in [6.45, 7) is 1.93. The molecule has 5 unspecified atom stereocenters. The Bertz CT molecular complexity index is 892. The molecule has 2 aromatic rings. The van der Waals surface area contributed by atoms with Crippen molar-refractivity contribution in [3.8, 4) is 11.5 Å². The maximum absolute atomic E-state index is 11.5. The molecule has 5 nitrogen and oxygen atoms in total. The molecule has 1 saturated heterocycles. The van der Waals surface area contributed by atoms with Gasteiger partial charge in [0.1, 0.15) is 23.2 Å². The van der Waals surface area contributed by atoms with Gasteiger partial charge in [-0.15, -0.1) is 0 Å². The molecule has 5 rings (SSSR count). The normalized spacial score (nSPS) is 34.4. The van der Waals surface area contributed by atoms with Gasteiger partial charge in [0.05, 0.1) is 25.2 Å². The molecule has 2 aromatic carbocycles. The SMILES string of the molecule is COc1cccc2c1C(O)C1(O)C3Cc4cc(C)cc(O)c4C1C2O3. The Labute approximate surface area is 145 Å². The fraction of sp³-hybridized carbons (Fsp3) is 0.400. The number of phenols is 1. The monoisotopic (exact) mass is 340 g/mol. The molecule has 1 heterocycles. The molecule has 5 heteroatoms. The zero-order valence-corrected chi connectivity index (χ0v) is 14.1. The predicted molar refractivity (Wildman–Crippen MR) is 89.8 cm³/mol. The molecular formula is C20H20O5. The number of fused-ring (bicyclic) bond motifs is 3. The Kier molecular flexibility index (Phi) is 2.89. The van der Waals surface area contributed by atoms with Crippen LogP contribution < -0.4 is 4.74 Å². The second kappa shape index (κ2) is 4.75. The van der Waals surface area contributed by atoms with E-state index in [2.05, 4.69) is 0 Å². The number of rotatable bonds is 1. The smallest absolute Gasteiger partial charge is 0.131 e. The van der Waals surface area contributed by atoms with E-state index in [1.54, 1.807) is 19.2 Å². The number of aryl methyl sites for hydroxylation is 1. The van der Waals surface area contributed by atoms with Crippen LogP contribution in [0, 0.1) is 6.92 Å². The van der Waals surface area contributed by atoms with Gasteiger partial charge >= 0.3 is 0 Å². The highest BCUT2D eigenvalue weighted by Gasteiger charge is 2.67. The largest absolute Gasteiger partial charge is 0.508 e. The molecule has 0 aromatic heterocycles. The average molecular weight is 340 g/mol. The standard InChI is InChI=1S/C20H20O5/c1-9-6-10-8-14-20(23)17(15(10)12(21)7-9)18(25-14)11-4-3-5-13(24-2)16(11)19(20)22/h3-7,14,17-19,21-23H,8H2,1-2H3. The van der Waals surface area contributed by atoms with Gasteiger partial charge in [0, 0.05) is 17.5 Å². The summed E-state index contributed by atoms with van der Waals surface area (Å²) >= 11 is 0. The van der Waals surface area contributed by atoms with Crippen molar-refractivity contribution in [2.75, 3.05) is 7.11 Å². The Morgan fingerprint density at radius 3 is 2.80 bits per heavy atom. The zero-order valence-electron chi connectivity index (χ0n) is 14.1. The molecule has 0 saturated carbocycles. The van der Waals surface area contributed by atoms with Gasteiger partial charge in [-0.3, -0.25) is 0 Å². The van der Waals surface area contributed by atoms with Gasteiger partial charge in [0.15, 0.2) is 0 Å². The fourth-order valence-electron chi connectivity index (χ4n) is 5.09. The molecule has 25 heavy (non-hydrogen) atoms. The second-order valence-electron chi connectivity index (χ2n) is 7.34. The van der Waals surface area contributed by atoms with Crippen molar-refractivity contribution in [3.63, 3.8) is 0 Å². The van der Waals surface area contributed by atoms with Crippen LogP contribution >= 0.6 is 0 Å². The first-order chi connectivity index (χ1) is 12.0. The van der Waals surface area contributed by atoms with Gasteiger partial charge < -0.3 is 24.8 Å². The molecule has 0 radical (unpaired) electrons. The molecule has 1 aliphatic heterocycles. The Morgan fingerprint density at radius 2 is 2.04 bits per heavy atom. The van der Waals surface area contributed by atoms with Crippen molar-refractivity contribution in [2.24, 2.45) is 0 Å². The van der Waals surface area contributed by atoms with E-state index in [1.807, 2.05) is 25.1 Å². The number of hydrogen-bond acceptors (Lipinski definition) is 5. The second-order valence-corrected chi connectivity index (χ2v) is 7.34. The highest BCUT2D eigenvalue weighted by molar-refractivity contribution is 5.57. The highest BCUT2D eigenvalue weighted by Crippen LogP contribution is 2.65. The number of phenolic OH excluding ortho intramolecular Hbond substituents is 1. The van der Waals surface area contributed by atoms with Gasteiger partial charge in [0.25, 0.3) is 0 Å². The Morgan fingerprint density at radius 1 is 1.24 bits per heavy atom. The third-order valence-electron chi connectivity index (χ3n) is 6.07. The lowest BCUT2D eigenvalue weighted by molar-refractivity contribution is -0.126. The van der Waals surface area contributed by atoms with Crippen LogP contribution in [0.15, 0.2) is 30.3 Å². The topological polar surface area (TPSA) is 79.2 Å². The number of hydrogen-bond donors (Lipinski definition) is 3. The van der Waals surface area contributed by atoms with E-state index in [9.17, 15) is 15.3 Å². The summed E-state index contributed by atoms with van der Waals surface area (Å²) in [4.78, 5) is 0. The number of ether oxygens (including phenoxy) is 2. The van der Waals surface area contributed by atoms with Crippen LogP contribution in [0.5, 0.6) is 11.5 Å². The van der Waals surface area contributed by atoms with Crippen LogP contribution in [-0.4, -0.2) is 34.1 Å². The molecule has 130 valence electrons. The summed E-state index contributed by atoms with van der Waals surface area (Å²) in [6.07, 6.45) is -1.62. The van der Waals surface area contributed by atoms with Crippen LogP contribution in [0.1, 0.15) is 45.9 Å². The van der Waals surface area contributed by atoms with Crippen molar-refractivity contribution in [2.45, 2.75) is 43.2 Å². The lowest BCUT2D eigenvalue weighted by Gasteiger charge is -2.45. The summed E-state index contributed by atoms with van der Waals surface area (Å²) in [5.74, 6) is 0.201.